The maximum Gasteiger partial charge on any atom is 0.333 e. The molecule has 0 aliphatic heterocycles. The topological polar surface area (TPSA) is 108 Å². The highest BCUT2D eigenvalue weighted by molar-refractivity contribution is 6.03. The number of ether oxygens (including phenoxy) is 1. The van der Waals surface area contributed by atoms with Gasteiger partial charge in [0.2, 0.25) is 0 Å². The van der Waals surface area contributed by atoms with Crippen molar-refractivity contribution in [3.8, 4) is 17.0 Å². The van der Waals surface area contributed by atoms with Crippen LogP contribution in [0.5, 0.6) is 5.75 Å². The third-order valence-corrected chi connectivity index (χ3v) is 4.53. The lowest BCUT2D eigenvalue weighted by Crippen LogP contribution is -2.28. The van der Waals surface area contributed by atoms with Gasteiger partial charge in [-0.05, 0) is 30.3 Å². The summed E-state index contributed by atoms with van der Waals surface area (Å²) in [6.45, 7) is -0.334. The molecule has 2 heterocycles. The first-order chi connectivity index (χ1) is 15.5. The summed E-state index contributed by atoms with van der Waals surface area (Å²) in [4.78, 5) is 36.6. The van der Waals surface area contributed by atoms with E-state index in [1.807, 2.05) is 30.3 Å². The largest absolute Gasteiger partial charge is 0.425 e. The maximum atomic E-state index is 12.3. The number of aryl methyl sites for hydroxylation is 1. The first kappa shape index (κ1) is 20.7. The van der Waals surface area contributed by atoms with Crippen molar-refractivity contribution in [2.75, 3.05) is 5.32 Å². The van der Waals surface area contributed by atoms with E-state index in [2.05, 4.69) is 15.5 Å². The molecule has 0 spiro atoms. The van der Waals surface area contributed by atoms with Gasteiger partial charge in [-0.1, -0.05) is 30.3 Å². The lowest BCUT2D eigenvalue weighted by molar-refractivity contribution is -0.135. The van der Waals surface area contributed by atoms with Crippen LogP contribution in [0.4, 0.5) is 5.69 Å². The maximum absolute atomic E-state index is 12.3. The smallest absolute Gasteiger partial charge is 0.333 e. The van der Waals surface area contributed by atoms with Crippen LogP contribution in [-0.4, -0.2) is 31.4 Å². The van der Waals surface area contributed by atoms with Gasteiger partial charge in [-0.25, -0.2) is 9.48 Å². The number of benzene rings is 2. The molecule has 0 radical (unpaired) electrons. The summed E-state index contributed by atoms with van der Waals surface area (Å²) < 4.78 is 7.90. The Hall–Kier alpha value is -4.53. The first-order valence-corrected chi connectivity index (χ1v) is 9.72. The predicted molar refractivity (Wildman–Crippen MR) is 117 cm³/mol. The Morgan fingerprint density at radius 1 is 1.00 bits per heavy atom. The van der Waals surface area contributed by atoms with Crippen LogP contribution in [0.1, 0.15) is 10.4 Å². The summed E-state index contributed by atoms with van der Waals surface area (Å²) in [5, 5.41) is 10.9. The van der Waals surface area contributed by atoms with Gasteiger partial charge in [-0.15, -0.1) is 0 Å². The second-order valence-electron chi connectivity index (χ2n) is 6.94. The molecule has 1 amide bonds. The number of anilines is 1. The number of nitrogens with one attached hydrogen (secondary N) is 1. The third kappa shape index (κ3) is 4.96. The van der Waals surface area contributed by atoms with Crippen molar-refractivity contribution in [2.45, 2.75) is 6.54 Å². The molecular formula is C23H19N5O4. The molecule has 0 atom stereocenters. The standard InChI is InChI=1S/C23H19N5O4/c1-27-14-17(13-24-27)23(31)25-18-7-9-19(10-8-18)32-22(30)15-28-21(29)12-11-20(26-28)16-5-3-2-4-6-16/h2-14H,15H2,1H3,(H,25,31). The van der Waals surface area contributed by atoms with Crippen LogP contribution >= 0.6 is 0 Å². The van der Waals surface area contributed by atoms with Crippen LogP contribution in [0.3, 0.4) is 0 Å². The SMILES string of the molecule is Cn1cc(C(=O)Nc2ccc(OC(=O)Cn3nc(-c4ccccc4)ccc3=O)cc2)cn1. The molecule has 9 heteroatoms. The van der Waals surface area contributed by atoms with E-state index in [0.717, 1.165) is 10.2 Å². The monoisotopic (exact) mass is 429 g/mol. The first-order valence-electron chi connectivity index (χ1n) is 9.72. The summed E-state index contributed by atoms with van der Waals surface area (Å²) in [7, 11) is 1.72. The molecule has 160 valence electrons. The number of hydrogen-bond donors (Lipinski definition) is 1. The number of carbonyl (C=O) groups excluding carboxylic acids is 2. The molecule has 9 nitrogen and oxygen atoms in total. The molecule has 2 aromatic carbocycles. The molecule has 0 unspecified atom stereocenters. The average Bonchev–Trinajstić information content (AvgIpc) is 3.24. The Balaban J connectivity index is 1.39. The summed E-state index contributed by atoms with van der Waals surface area (Å²) >= 11 is 0. The van der Waals surface area contributed by atoms with E-state index in [4.69, 9.17) is 4.74 Å². The Kier molecular flexibility index (Phi) is 5.89. The number of hydrogen-bond acceptors (Lipinski definition) is 6. The average molecular weight is 429 g/mol. The van der Waals surface area contributed by atoms with Crippen molar-refractivity contribution in [3.63, 3.8) is 0 Å². The number of esters is 1. The number of aromatic nitrogens is 4. The van der Waals surface area contributed by atoms with E-state index in [1.54, 1.807) is 43.6 Å². The lowest BCUT2D eigenvalue weighted by Gasteiger charge is -2.09. The molecule has 4 aromatic rings. The van der Waals surface area contributed by atoms with Crippen molar-refractivity contribution < 1.29 is 14.3 Å². The van der Waals surface area contributed by atoms with Crippen LogP contribution < -0.4 is 15.6 Å². The Morgan fingerprint density at radius 3 is 2.44 bits per heavy atom. The molecule has 0 saturated heterocycles. The van der Waals surface area contributed by atoms with Gasteiger partial charge < -0.3 is 10.1 Å². The van der Waals surface area contributed by atoms with Crippen LogP contribution in [0.15, 0.2) is 83.9 Å². The van der Waals surface area contributed by atoms with Crippen molar-refractivity contribution in [3.05, 3.63) is 95.0 Å². The molecule has 32 heavy (non-hydrogen) atoms. The van der Waals surface area contributed by atoms with E-state index in [9.17, 15) is 14.4 Å². The summed E-state index contributed by atoms with van der Waals surface area (Å²) in [6, 6.07) is 18.6. The highest BCUT2D eigenvalue weighted by Gasteiger charge is 2.11. The molecule has 2 aromatic heterocycles. The Labute approximate surface area is 182 Å². The fourth-order valence-corrected chi connectivity index (χ4v) is 2.96. The third-order valence-electron chi connectivity index (χ3n) is 4.53. The summed E-state index contributed by atoms with van der Waals surface area (Å²) in [5.74, 6) is -0.662. The minimum absolute atomic E-state index is 0.279. The molecule has 0 fully saturated rings. The quantitative estimate of drug-likeness (QED) is 0.373. The number of amides is 1. The summed E-state index contributed by atoms with van der Waals surface area (Å²) in [5.41, 5.74) is 1.96. The van der Waals surface area contributed by atoms with Gasteiger partial charge in [0.05, 0.1) is 17.5 Å². The molecule has 0 bridgehead atoms. The van der Waals surface area contributed by atoms with Crippen LogP contribution in [-0.2, 0) is 18.4 Å². The highest BCUT2D eigenvalue weighted by Crippen LogP contribution is 2.17. The molecule has 0 aliphatic rings. The van der Waals surface area contributed by atoms with E-state index < -0.39 is 11.5 Å². The van der Waals surface area contributed by atoms with E-state index in [1.165, 1.54) is 16.9 Å². The molecule has 0 aliphatic carbocycles. The number of carbonyl (C=O) groups is 2. The second kappa shape index (κ2) is 9.09. The number of rotatable bonds is 6. The zero-order valence-electron chi connectivity index (χ0n) is 17.1. The predicted octanol–water partition coefficient (Wildman–Crippen LogP) is 2.50. The fourth-order valence-electron chi connectivity index (χ4n) is 2.96. The fraction of sp³-hybridized carbons (Fsp3) is 0.0870. The van der Waals surface area contributed by atoms with E-state index in [0.29, 0.717) is 16.9 Å². The molecule has 4 rings (SSSR count). The van der Waals surface area contributed by atoms with Gasteiger partial charge >= 0.3 is 5.97 Å². The second-order valence-corrected chi connectivity index (χ2v) is 6.94. The van der Waals surface area contributed by atoms with Gasteiger partial charge in [-0.2, -0.15) is 10.2 Å². The van der Waals surface area contributed by atoms with Crippen molar-refractivity contribution >= 4 is 17.6 Å². The van der Waals surface area contributed by atoms with E-state index in [-0.39, 0.29) is 18.2 Å². The minimum Gasteiger partial charge on any atom is -0.425 e. The molecular weight excluding hydrogens is 410 g/mol. The Morgan fingerprint density at radius 2 is 1.75 bits per heavy atom. The van der Waals surface area contributed by atoms with Crippen molar-refractivity contribution in [2.24, 2.45) is 7.05 Å². The van der Waals surface area contributed by atoms with Gasteiger partial charge in [0, 0.05) is 30.6 Å². The zero-order valence-corrected chi connectivity index (χ0v) is 17.1. The zero-order chi connectivity index (χ0) is 22.5. The molecule has 0 saturated carbocycles. The number of nitrogens with zero attached hydrogens (tertiary/aromatic N) is 4. The summed E-state index contributed by atoms with van der Waals surface area (Å²) in [6.07, 6.45) is 3.07. The minimum atomic E-state index is -0.642. The Bertz CT molecular complexity index is 1310. The van der Waals surface area contributed by atoms with Crippen molar-refractivity contribution in [1.29, 1.82) is 0 Å². The molecule has 1 N–H and O–H groups in total. The normalized spacial score (nSPS) is 10.5. The van der Waals surface area contributed by atoms with Crippen LogP contribution in [0, 0.1) is 0 Å². The lowest BCUT2D eigenvalue weighted by atomic mass is 10.1. The van der Waals surface area contributed by atoms with Gasteiger partial charge in [0.25, 0.3) is 11.5 Å². The van der Waals surface area contributed by atoms with E-state index >= 15 is 0 Å². The van der Waals surface area contributed by atoms with Gasteiger partial charge in [0.1, 0.15) is 12.3 Å². The van der Waals surface area contributed by atoms with Gasteiger partial charge in [-0.3, -0.25) is 14.3 Å². The van der Waals surface area contributed by atoms with Crippen LogP contribution in [0.2, 0.25) is 0 Å². The van der Waals surface area contributed by atoms with Crippen molar-refractivity contribution in [1.82, 2.24) is 19.6 Å². The van der Waals surface area contributed by atoms with Gasteiger partial charge in [0.15, 0.2) is 0 Å². The van der Waals surface area contributed by atoms with Crippen LogP contribution in [0.25, 0.3) is 11.3 Å². The highest BCUT2D eigenvalue weighted by atomic mass is 16.5.